The van der Waals surface area contributed by atoms with Crippen LogP contribution in [0.5, 0.6) is 0 Å². The molecule has 0 aliphatic carbocycles. The number of aryl methyl sites for hydroxylation is 1. The molecule has 0 aliphatic rings. The van der Waals surface area contributed by atoms with Crippen LogP contribution in [0.1, 0.15) is 30.0 Å². The summed E-state index contributed by atoms with van der Waals surface area (Å²) < 4.78 is 14.6. The number of nitrogens with zero attached hydrogens (tertiary/aromatic N) is 3. The first kappa shape index (κ1) is 20.1. The van der Waals surface area contributed by atoms with Crippen LogP contribution >= 0.6 is 0 Å². The number of carbonyl (C=O) groups is 3. The summed E-state index contributed by atoms with van der Waals surface area (Å²) in [5, 5.41) is 16.1. The van der Waals surface area contributed by atoms with Gasteiger partial charge < -0.3 is 15.3 Å². The third-order valence-electron chi connectivity index (χ3n) is 3.99. The number of carboxylic acids is 1. The van der Waals surface area contributed by atoms with Crippen LogP contribution in [0.3, 0.4) is 0 Å². The monoisotopic (exact) mass is 376 g/mol. The van der Waals surface area contributed by atoms with Crippen LogP contribution < -0.4 is 5.32 Å². The first-order valence-corrected chi connectivity index (χ1v) is 8.31. The molecule has 2 amide bonds. The number of benzene rings is 1. The van der Waals surface area contributed by atoms with Crippen molar-refractivity contribution >= 4 is 17.8 Å². The fourth-order valence-electron chi connectivity index (χ4n) is 2.53. The van der Waals surface area contributed by atoms with E-state index in [0.717, 1.165) is 4.90 Å². The van der Waals surface area contributed by atoms with Crippen LogP contribution in [0.15, 0.2) is 30.3 Å². The van der Waals surface area contributed by atoms with Crippen molar-refractivity contribution in [1.29, 1.82) is 0 Å². The van der Waals surface area contributed by atoms with E-state index in [1.54, 1.807) is 6.92 Å². The lowest BCUT2D eigenvalue weighted by Crippen LogP contribution is -2.46. The maximum Gasteiger partial charge on any atom is 0.326 e. The van der Waals surface area contributed by atoms with E-state index in [9.17, 15) is 23.9 Å². The molecule has 1 unspecified atom stereocenters. The number of aliphatic carboxylic acids is 1. The molecule has 0 bridgehead atoms. The van der Waals surface area contributed by atoms with Crippen molar-refractivity contribution < 1.29 is 23.9 Å². The van der Waals surface area contributed by atoms with E-state index in [0.29, 0.717) is 11.4 Å². The van der Waals surface area contributed by atoms with Gasteiger partial charge in [-0.3, -0.25) is 9.59 Å². The average molecular weight is 376 g/mol. The summed E-state index contributed by atoms with van der Waals surface area (Å²) in [4.78, 5) is 36.3. The standard InChI is InChI=1S/C18H21FN4O4/c1-11-10-16(21-23(11)15-6-4-14(19)5-7-15)17(25)22(12(2)18(26)27)9-8-20-13(3)24/h4-7,10,12H,8-9H2,1-3H3,(H,20,24)(H,26,27). The molecule has 1 aromatic heterocycles. The number of nitrogens with one attached hydrogen (secondary N) is 1. The van der Waals surface area contributed by atoms with Crippen molar-refractivity contribution in [2.45, 2.75) is 26.8 Å². The van der Waals surface area contributed by atoms with Crippen LogP contribution in [-0.2, 0) is 9.59 Å². The second-order valence-corrected chi connectivity index (χ2v) is 6.05. The maximum absolute atomic E-state index is 13.1. The number of hydrogen-bond donors (Lipinski definition) is 2. The summed E-state index contributed by atoms with van der Waals surface area (Å²) in [6.07, 6.45) is 0. The molecule has 2 N–H and O–H groups in total. The lowest BCUT2D eigenvalue weighted by molar-refractivity contribution is -0.141. The Hall–Kier alpha value is -3.23. The van der Waals surface area contributed by atoms with Crippen molar-refractivity contribution in [2.75, 3.05) is 13.1 Å². The van der Waals surface area contributed by atoms with Gasteiger partial charge in [-0.05, 0) is 44.2 Å². The average Bonchev–Trinajstić information content (AvgIpc) is 3.00. The summed E-state index contributed by atoms with van der Waals surface area (Å²) >= 11 is 0. The van der Waals surface area contributed by atoms with Gasteiger partial charge in [-0.25, -0.2) is 13.9 Å². The van der Waals surface area contributed by atoms with E-state index in [4.69, 9.17) is 0 Å². The SMILES string of the molecule is CC(=O)NCCN(C(=O)c1cc(C)n(-c2ccc(F)cc2)n1)C(C)C(=O)O. The van der Waals surface area contributed by atoms with Gasteiger partial charge in [0.15, 0.2) is 5.69 Å². The number of aromatic nitrogens is 2. The quantitative estimate of drug-likeness (QED) is 0.759. The van der Waals surface area contributed by atoms with Crippen molar-refractivity contribution in [3.8, 4) is 5.69 Å². The number of carbonyl (C=O) groups excluding carboxylic acids is 2. The van der Waals surface area contributed by atoms with E-state index in [1.807, 2.05) is 0 Å². The fourth-order valence-corrected chi connectivity index (χ4v) is 2.53. The molecule has 2 rings (SSSR count). The van der Waals surface area contributed by atoms with Crippen molar-refractivity contribution in [3.05, 3.63) is 47.5 Å². The molecule has 27 heavy (non-hydrogen) atoms. The summed E-state index contributed by atoms with van der Waals surface area (Å²) in [5.41, 5.74) is 1.27. The highest BCUT2D eigenvalue weighted by molar-refractivity contribution is 5.95. The van der Waals surface area contributed by atoms with E-state index < -0.39 is 17.9 Å². The normalized spacial score (nSPS) is 11.7. The second-order valence-electron chi connectivity index (χ2n) is 6.05. The zero-order valence-corrected chi connectivity index (χ0v) is 15.3. The largest absolute Gasteiger partial charge is 0.480 e. The van der Waals surface area contributed by atoms with E-state index >= 15 is 0 Å². The Kier molecular flexibility index (Phi) is 6.27. The smallest absolute Gasteiger partial charge is 0.326 e. The Labute approximate surface area is 155 Å². The number of amides is 2. The summed E-state index contributed by atoms with van der Waals surface area (Å²) in [7, 11) is 0. The first-order valence-electron chi connectivity index (χ1n) is 8.31. The molecule has 0 fully saturated rings. The van der Waals surface area contributed by atoms with E-state index in [-0.39, 0.29) is 30.5 Å². The molecule has 0 aliphatic heterocycles. The molecule has 0 spiro atoms. The molecular weight excluding hydrogens is 355 g/mol. The molecule has 9 heteroatoms. The van der Waals surface area contributed by atoms with Gasteiger partial charge in [0.1, 0.15) is 11.9 Å². The Balaban J connectivity index is 2.28. The Morgan fingerprint density at radius 2 is 1.93 bits per heavy atom. The molecule has 0 radical (unpaired) electrons. The molecular formula is C18H21FN4O4. The number of hydrogen-bond acceptors (Lipinski definition) is 4. The third kappa shape index (κ3) is 4.90. The molecule has 1 heterocycles. The summed E-state index contributed by atoms with van der Waals surface area (Å²) in [6, 6.07) is 6.05. The molecule has 8 nitrogen and oxygen atoms in total. The van der Waals surface area contributed by atoms with Gasteiger partial charge in [-0.2, -0.15) is 5.10 Å². The van der Waals surface area contributed by atoms with Gasteiger partial charge in [0.25, 0.3) is 5.91 Å². The van der Waals surface area contributed by atoms with E-state index in [2.05, 4.69) is 10.4 Å². The fraction of sp³-hybridized carbons (Fsp3) is 0.333. The topological polar surface area (TPSA) is 105 Å². The molecule has 2 aromatic rings. The highest BCUT2D eigenvalue weighted by atomic mass is 19.1. The highest BCUT2D eigenvalue weighted by Gasteiger charge is 2.28. The number of rotatable bonds is 7. The van der Waals surface area contributed by atoms with Crippen molar-refractivity contribution in [3.63, 3.8) is 0 Å². The van der Waals surface area contributed by atoms with Crippen LogP contribution in [0.4, 0.5) is 4.39 Å². The molecule has 0 saturated heterocycles. The van der Waals surface area contributed by atoms with Crippen molar-refractivity contribution in [2.24, 2.45) is 0 Å². The van der Waals surface area contributed by atoms with Crippen molar-refractivity contribution in [1.82, 2.24) is 20.0 Å². The summed E-state index contributed by atoms with van der Waals surface area (Å²) in [5.74, 6) is -2.40. The van der Waals surface area contributed by atoms with Gasteiger partial charge in [0.2, 0.25) is 5.91 Å². The number of carboxylic acid groups (broad SMARTS) is 1. The Morgan fingerprint density at radius 1 is 1.30 bits per heavy atom. The molecule has 144 valence electrons. The van der Waals surface area contributed by atoms with Gasteiger partial charge in [0.05, 0.1) is 5.69 Å². The Bertz CT molecular complexity index is 848. The lowest BCUT2D eigenvalue weighted by Gasteiger charge is -2.25. The zero-order chi connectivity index (χ0) is 20.1. The second kappa shape index (κ2) is 8.43. The first-order chi connectivity index (χ1) is 12.7. The van der Waals surface area contributed by atoms with E-state index in [1.165, 1.54) is 48.9 Å². The van der Waals surface area contributed by atoms with Crippen LogP contribution in [0, 0.1) is 12.7 Å². The predicted octanol–water partition coefficient (Wildman–Crippen LogP) is 1.37. The lowest BCUT2D eigenvalue weighted by atomic mass is 10.2. The minimum Gasteiger partial charge on any atom is -0.480 e. The molecule has 1 aromatic carbocycles. The van der Waals surface area contributed by atoms with Gasteiger partial charge in [0, 0.05) is 25.7 Å². The number of halogens is 1. The maximum atomic E-state index is 13.1. The zero-order valence-electron chi connectivity index (χ0n) is 15.3. The van der Waals surface area contributed by atoms with Gasteiger partial charge in [-0.15, -0.1) is 0 Å². The minimum absolute atomic E-state index is 0.0222. The van der Waals surface area contributed by atoms with Gasteiger partial charge >= 0.3 is 5.97 Å². The summed E-state index contributed by atoms with van der Waals surface area (Å²) in [6.45, 7) is 4.60. The Morgan fingerprint density at radius 3 is 2.48 bits per heavy atom. The van der Waals surface area contributed by atoms with Crippen LogP contribution in [0.2, 0.25) is 0 Å². The molecule has 0 saturated carbocycles. The highest BCUT2D eigenvalue weighted by Crippen LogP contribution is 2.15. The van der Waals surface area contributed by atoms with Crippen LogP contribution in [-0.4, -0.2) is 56.7 Å². The minimum atomic E-state index is -1.17. The molecule has 1 atom stereocenters. The predicted molar refractivity (Wildman–Crippen MR) is 95.1 cm³/mol. The van der Waals surface area contributed by atoms with Gasteiger partial charge in [-0.1, -0.05) is 0 Å². The third-order valence-corrected chi connectivity index (χ3v) is 3.99. The van der Waals surface area contributed by atoms with Crippen LogP contribution in [0.25, 0.3) is 5.69 Å².